The Morgan fingerprint density at radius 3 is 2.44 bits per heavy atom. The molecule has 0 aromatic carbocycles. The number of carbonyl (C=O) groups excluding carboxylic acids is 1. The number of aliphatic hydroxyl groups is 1. The molecule has 2 bridgehead atoms. The highest BCUT2D eigenvalue weighted by atomic mass is 16.6. The molecule has 0 aliphatic heterocycles. The van der Waals surface area contributed by atoms with E-state index in [4.69, 9.17) is 4.74 Å². The van der Waals surface area contributed by atoms with Gasteiger partial charge in [-0.25, -0.2) is 0 Å². The fourth-order valence-electron chi connectivity index (χ4n) is 6.38. The van der Waals surface area contributed by atoms with Gasteiger partial charge in [0.2, 0.25) is 0 Å². The van der Waals surface area contributed by atoms with Gasteiger partial charge < -0.3 is 9.84 Å². The van der Waals surface area contributed by atoms with Gasteiger partial charge in [0.05, 0.1) is 12.0 Å². The van der Waals surface area contributed by atoms with Crippen LogP contribution in [0.5, 0.6) is 0 Å². The Balaban J connectivity index is 1.40. The standard InChI is InChI=1S/C22H34O3/c1-21(24,19-14-16-9-10-17(19)13-16)15-20(23)25-22(11-5-6-12-22)18-7-3-2-4-8-18/h9-10,16-19,24H,2-8,11-15H2,1H3. The molecule has 4 aliphatic rings. The summed E-state index contributed by atoms with van der Waals surface area (Å²) in [7, 11) is 0. The maximum absolute atomic E-state index is 12.8. The summed E-state index contributed by atoms with van der Waals surface area (Å²) in [5, 5.41) is 11.0. The van der Waals surface area contributed by atoms with E-state index in [0.29, 0.717) is 17.8 Å². The Kier molecular flexibility index (Phi) is 4.72. The molecular weight excluding hydrogens is 312 g/mol. The summed E-state index contributed by atoms with van der Waals surface area (Å²) in [5.41, 5.74) is -1.16. The quantitative estimate of drug-likeness (QED) is 0.576. The summed E-state index contributed by atoms with van der Waals surface area (Å²) in [4.78, 5) is 12.8. The van der Waals surface area contributed by atoms with Crippen molar-refractivity contribution in [2.45, 2.75) is 95.2 Å². The van der Waals surface area contributed by atoms with Crippen LogP contribution >= 0.6 is 0 Å². The highest BCUT2D eigenvalue weighted by molar-refractivity contribution is 5.71. The van der Waals surface area contributed by atoms with E-state index >= 15 is 0 Å². The Morgan fingerprint density at radius 1 is 1.12 bits per heavy atom. The van der Waals surface area contributed by atoms with Gasteiger partial charge in [-0.15, -0.1) is 0 Å². The molecular formula is C22H34O3. The third kappa shape index (κ3) is 3.41. The van der Waals surface area contributed by atoms with E-state index < -0.39 is 5.60 Å². The molecule has 4 rings (SSSR count). The van der Waals surface area contributed by atoms with E-state index in [1.165, 1.54) is 44.9 Å². The van der Waals surface area contributed by atoms with Crippen LogP contribution in [-0.4, -0.2) is 22.3 Å². The van der Waals surface area contributed by atoms with Crippen LogP contribution in [0.2, 0.25) is 0 Å². The van der Waals surface area contributed by atoms with Gasteiger partial charge in [0, 0.05) is 0 Å². The molecule has 3 fully saturated rings. The first-order chi connectivity index (χ1) is 12.0. The lowest BCUT2D eigenvalue weighted by molar-refractivity contribution is -0.174. The highest BCUT2D eigenvalue weighted by Crippen LogP contribution is 2.50. The minimum atomic E-state index is -0.937. The molecule has 3 nitrogen and oxygen atoms in total. The van der Waals surface area contributed by atoms with Gasteiger partial charge >= 0.3 is 5.97 Å². The van der Waals surface area contributed by atoms with Crippen molar-refractivity contribution in [1.29, 1.82) is 0 Å². The Labute approximate surface area is 152 Å². The van der Waals surface area contributed by atoms with Crippen LogP contribution in [-0.2, 0) is 9.53 Å². The Morgan fingerprint density at radius 2 is 1.84 bits per heavy atom. The minimum absolute atomic E-state index is 0.156. The van der Waals surface area contributed by atoms with Crippen LogP contribution in [0, 0.1) is 23.7 Å². The van der Waals surface area contributed by atoms with Gasteiger partial charge in [-0.2, -0.15) is 0 Å². The van der Waals surface area contributed by atoms with Crippen LogP contribution in [0.15, 0.2) is 12.2 Å². The Hall–Kier alpha value is -0.830. The molecule has 4 unspecified atom stereocenters. The highest BCUT2D eigenvalue weighted by Gasteiger charge is 2.49. The number of fused-ring (bicyclic) bond motifs is 2. The van der Waals surface area contributed by atoms with Crippen molar-refractivity contribution in [2.24, 2.45) is 23.7 Å². The summed E-state index contributed by atoms with van der Waals surface area (Å²) in [6, 6.07) is 0. The lowest BCUT2D eigenvalue weighted by atomic mass is 9.75. The van der Waals surface area contributed by atoms with Crippen molar-refractivity contribution in [3.05, 3.63) is 12.2 Å². The van der Waals surface area contributed by atoms with Crippen LogP contribution in [0.3, 0.4) is 0 Å². The minimum Gasteiger partial charge on any atom is -0.459 e. The molecule has 3 heteroatoms. The molecule has 0 spiro atoms. The fraction of sp³-hybridized carbons (Fsp3) is 0.864. The second kappa shape index (κ2) is 6.72. The molecule has 0 aromatic heterocycles. The van der Waals surface area contributed by atoms with E-state index in [2.05, 4.69) is 12.2 Å². The van der Waals surface area contributed by atoms with Gasteiger partial charge in [0.1, 0.15) is 5.60 Å². The second-order valence-electron chi connectivity index (χ2n) is 9.50. The summed E-state index contributed by atoms with van der Waals surface area (Å²) in [5.74, 6) is 1.66. The number of rotatable bonds is 5. The van der Waals surface area contributed by atoms with Crippen molar-refractivity contribution >= 4 is 5.97 Å². The SMILES string of the molecule is CC(O)(CC(=O)OC1(C2CCCCC2)CCCC1)C1CC2C=CC1C2. The summed E-state index contributed by atoms with van der Waals surface area (Å²) >= 11 is 0. The Bertz CT molecular complexity index is 523. The molecule has 0 amide bonds. The van der Waals surface area contributed by atoms with Crippen molar-refractivity contribution in [3.8, 4) is 0 Å². The van der Waals surface area contributed by atoms with Gasteiger partial charge in [0.15, 0.2) is 0 Å². The smallest absolute Gasteiger partial charge is 0.309 e. The predicted octanol–water partition coefficient (Wildman–Crippen LogP) is 4.78. The van der Waals surface area contributed by atoms with Crippen LogP contribution in [0.25, 0.3) is 0 Å². The second-order valence-corrected chi connectivity index (χ2v) is 9.50. The maximum atomic E-state index is 12.8. The maximum Gasteiger partial charge on any atom is 0.309 e. The van der Waals surface area contributed by atoms with Crippen molar-refractivity contribution in [1.82, 2.24) is 0 Å². The molecule has 0 aromatic rings. The number of ether oxygens (including phenoxy) is 1. The molecule has 25 heavy (non-hydrogen) atoms. The summed E-state index contributed by atoms with van der Waals surface area (Å²) < 4.78 is 6.20. The van der Waals surface area contributed by atoms with E-state index in [1.54, 1.807) is 0 Å². The van der Waals surface area contributed by atoms with Crippen molar-refractivity contribution in [2.75, 3.05) is 0 Å². The van der Waals surface area contributed by atoms with Crippen molar-refractivity contribution < 1.29 is 14.6 Å². The van der Waals surface area contributed by atoms with Crippen LogP contribution < -0.4 is 0 Å². The van der Waals surface area contributed by atoms with Crippen LogP contribution in [0.1, 0.15) is 84.0 Å². The van der Waals surface area contributed by atoms with E-state index in [9.17, 15) is 9.90 Å². The normalized spacial score (nSPS) is 36.5. The number of hydrogen-bond acceptors (Lipinski definition) is 3. The van der Waals surface area contributed by atoms with E-state index in [0.717, 1.165) is 25.7 Å². The lowest BCUT2D eigenvalue weighted by Crippen LogP contribution is -2.45. The van der Waals surface area contributed by atoms with Gasteiger partial charge in [-0.1, -0.05) is 31.4 Å². The first kappa shape index (κ1) is 17.6. The fourth-order valence-corrected chi connectivity index (χ4v) is 6.38. The molecule has 0 saturated heterocycles. The molecule has 4 atom stereocenters. The molecule has 0 radical (unpaired) electrons. The first-order valence-electron chi connectivity index (χ1n) is 10.6. The number of allylic oxidation sites excluding steroid dienone is 2. The van der Waals surface area contributed by atoms with Crippen molar-refractivity contribution in [3.63, 3.8) is 0 Å². The molecule has 3 saturated carbocycles. The van der Waals surface area contributed by atoms with Gasteiger partial charge in [-0.3, -0.25) is 4.79 Å². The largest absolute Gasteiger partial charge is 0.459 e. The monoisotopic (exact) mass is 346 g/mol. The zero-order valence-corrected chi connectivity index (χ0v) is 15.7. The third-order valence-corrected chi connectivity index (χ3v) is 7.70. The zero-order valence-electron chi connectivity index (χ0n) is 15.7. The van der Waals surface area contributed by atoms with E-state index in [-0.39, 0.29) is 23.9 Å². The summed E-state index contributed by atoms with van der Waals surface area (Å²) in [6.07, 6.45) is 17.6. The number of hydrogen-bond donors (Lipinski definition) is 1. The lowest BCUT2D eigenvalue weighted by Gasteiger charge is -2.40. The van der Waals surface area contributed by atoms with Gasteiger partial charge in [0.25, 0.3) is 0 Å². The van der Waals surface area contributed by atoms with Gasteiger partial charge in [-0.05, 0) is 82.0 Å². The van der Waals surface area contributed by atoms with Crippen LogP contribution in [0.4, 0.5) is 0 Å². The molecule has 4 aliphatic carbocycles. The molecule has 0 heterocycles. The van der Waals surface area contributed by atoms with E-state index in [1.807, 2.05) is 6.92 Å². The zero-order chi connectivity index (χ0) is 17.5. The topological polar surface area (TPSA) is 46.5 Å². The first-order valence-corrected chi connectivity index (χ1v) is 10.6. The predicted molar refractivity (Wildman–Crippen MR) is 98.0 cm³/mol. The third-order valence-electron chi connectivity index (χ3n) is 7.70. The molecule has 1 N–H and O–H groups in total. The number of esters is 1. The summed E-state index contributed by atoms with van der Waals surface area (Å²) in [6.45, 7) is 1.86. The molecule has 140 valence electrons. The number of carbonyl (C=O) groups is 1. The average molecular weight is 347 g/mol. The average Bonchev–Trinajstić information content (AvgIpc) is 3.32.